The van der Waals surface area contributed by atoms with E-state index in [0.29, 0.717) is 6.04 Å². The largest absolute Gasteiger partial charge is 0.396 e. The first-order valence-corrected chi connectivity index (χ1v) is 4.87. The van der Waals surface area contributed by atoms with Crippen LogP contribution in [0.15, 0.2) is 0 Å². The van der Waals surface area contributed by atoms with E-state index in [4.69, 9.17) is 5.11 Å². The molecule has 0 amide bonds. The minimum absolute atomic E-state index is 0.140. The van der Waals surface area contributed by atoms with Crippen molar-refractivity contribution in [2.24, 2.45) is 0 Å². The van der Waals surface area contributed by atoms with E-state index in [0.717, 1.165) is 38.6 Å². The van der Waals surface area contributed by atoms with Crippen LogP contribution in [0.25, 0.3) is 0 Å². The maximum Gasteiger partial charge on any atom is 0.0693 e. The Morgan fingerprint density at radius 1 is 1.25 bits per heavy atom. The number of hydrogen-bond donors (Lipinski definition) is 3. The average Bonchev–Trinajstić information content (AvgIpc) is 2.46. The van der Waals surface area contributed by atoms with Gasteiger partial charge in [-0.25, -0.2) is 0 Å². The highest BCUT2D eigenvalue weighted by atomic mass is 16.3. The Balaban J connectivity index is 1.98. The average molecular weight is 173 g/mol. The maximum absolute atomic E-state index is 9.43. The van der Waals surface area contributed by atoms with Gasteiger partial charge in [0.25, 0.3) is 0 Å². The first-order valence-electron chi connectivity index (χ1n) is 4.87. The van der Waals surface area contributed by atoms with Gasteiger partial charge in [0.2, 0.25) is 0 Å². The molecule has 1 aliphatic rings. The summed E-state index contributed by atoms with van der Waals surface area (Å²) in [5, 5.41) is 21.3. The summed E-state index contributed by atoms with van der Waals surface area (Å²) in [6.07, 6.45) is 4.89. The second-order valence-electron chi connectivity index (χ2n) is 3.49. The molecule has 3 heteroatoms. The summed E-state index contributed by atoms with van der Waals surface area (Å²) in [6, 6.07) is 0.309. The van der Waals surface area contributed by atoms with Gasteiger partial charge in [-0.2, -0.15) is 0 Å². The number of unbranched alkanes of at least 4 members (excludes halogenated alkanes) is 1. The van der Waals surface area contributed by atoms with Crippen LogP contribution in [-0.2, 0) is 0 Å². The van der Waals surface area contributed by atoms with Gasteiger partial charge in [0.1, 0.15) is 0 Å². The molecule has 0 aromatic heterocycles. The van der Waals surface area contributed by atoms with Crippen LogP contribution in [0, 0.1) is 0 Å². The molecular weight excluding hydrogens is 154 g/mol. The topological polar surface area (TPSA) is 52.5 Å². The molecule has 12 heavy (non-hydrogen) atoms. The Kier molecular flexibility index (Phi) is 4.58. The highest BCUT2D eigenvalue weighted by Crippen LogP contribution is 2.18. The number of nitrogens with one attached hydrogen (secondary N) is 1. The van der Waals surface area contributed by atoms with Gasteiger partial charge in [-0.15, -0.1) is 0 Å². The van der Waals surface area contributed by atoms with Gasteiger partial charge in [0.05, 0.1) is 6.10 Å². The van der Waals surface area contributed by atoms with Gasteiger partial charge in [-0.3, -0.25) is 0 Å². The number of rotatable bonds is 5. The minimum Gasteiger partial charge on any atom is -0.396 e. The lowest BCUT2D eigenvalue weighted by atomic mass is 10.2. The molecule has 1 fully saturated rings. The molecule has 0 radical (unpaired) electrons. The Hall–Kier alpha value is -0.120. The van der Waals surface area contributed by atoms with Crippen molar-refractivity contribution in [2.45, 2.75) is 44.2 Å². The van der Waals surface area contributed by atoms with Crippen molar-refractivity contribution >= 4 is 0 Å². The third kappa shape index (κ3) is 3.09. The summed E-state index contributed by atoms with van der Waals surface area (Å²) in [6.45, 7) is 1.19. The fraction of sp³-hybridized carbons (Fsp3) is 1.00. The molecule has 2 atom stereocenters. The van der Waals surface area contributed by atoms with Crippen molar-refractivity contribution in [2.75, 3.05) is 13.2 Å². The SMILES string of the molecule is OCCCCNC1CCCC1O. The third-order valence-electron chi connectivity index (χ3n) is 2.47. The molecule has 0 aromatic rings. The van der Waals surface area contributed by atoms with Crippen molar-refractivity contribution in [1.29, 1.82) is 0 Å². The lowest BCUT2D eigenvalue weighted by Crippen LogP contribution is -2.36. The van der Waals surface area contributed by atoms with Gasteiger partial charge < -0.3 is 15.5 Å². The number of hydrogen-bond acceptors (Lipinski definition) is 3. The lowest BCUT2D eigenvalue weighted by Gasteiger charge is -2.15. The molecule has 1 rings (SSSR count). The van der Waals surface area contributed by atoms with E-state index < -0.39 is 0 Å². The van der Waals surface area contributed by atoms with Gasteiger partial charge in [-0.1, -0.05) is 0 Å². The minimum atomic E-state index is -0.140. The predicted octanol–water partition coefficient (Wildman–Crippen LogP) is 0.262. The van der Waals surface area contributed by atoms with Crippen LogP contribution in [-0.4, -0.2) is 35.5 Å². The molecule has 0 spiro atoms. The Bertz CT molecular complexity index is 119. The summed E-state index contributed by atoms with van der Waals surface area (Å²) < 4.78 is 0. The maximum atomic E-state index is 9.43. The van der Waals surface area contributed by atoms with Gasteiger partial charge in [0.15, 0.2) is 0 Å². The van der Waals surface area contributed by atoms with Crippen LogP contribution in [0.3, 0.4) is 0 Å². The third-order valence-corrected chi connectivity index (χ3v) is 2.47. The number of aliphatic hydroxyl groups excluding tert-OH is 2. The van der Waals surface area contributed by atoms with Gasteiger partial charge in [0, 0.05) is 12.6 Å². The van der Waals surface area contributed by atoms with Crippen LogP contribution < -0.4 is 5.32 Å². The summed E-state index contributed by atoms with van der Waals surface area (Å²) in [7, 11) is 0. The molecule has 0 heterocycles. The van der Waals surface area contributed by atoms with Crippen LogP contribution in [0.4, 0.5) is 0 Å². The fourth-order valence-corrected chi connectivity index (χ4v) is 1.70. The van der Waals surface area contributed by atoms with E-state index in [1.165, 1.54) is 0 Å². The van der Waals surface area contributed by atoms with Crippen molar-refractivity contribution in [3.05, 3.63) is 0 Å². The zero-order valence-corrected chi connectivity index (χ0v) is 7.50. The van der Waals surface area contributed by atoms with E-state index in [1.807, 2.05) is 0 Å². The molecule has 0 bridgehead atoms. The zero-order valence-electron chi connectivity index (χ0n) is 7.50. The van der Waals surface area contributed by atoms with Crippen molar-refractivity contribution in [3.8, 4) is 0 Å². The molecule has 72 valence electrons. The molecule has 2 unspecified atom stereocenters. The summed E-state index contributed by atoms with van der Waals surface area (Å²) >= 11 is 0. The van der Waals surface area contributed by atoms with Gasteiger partial charge in [-0.05, 0) is 38.6 Å². The zero-order chi connectivity index (χ0) is 8.81. The Morgan fingerprint density at radius 3 is 2.67 bits per heavy atom. The van der Waals surface area contributed by atoms with Crippen LogP contribution in [0.2, 0.25) is 0 Å². The molecule has 1 saturated carbocycles. The fourth-order valence-electron chi connectivity index (χ4n) is 1.70. The molecule has 0 aliphatic heterocycles. The molecule has 3 nitrogen and oxygen atoms in total. The summed E-state index contributed by atoms with van der Waals surface area (Å²) in [5.41, 5.74) is 0. The first-order chi connectivity index (χ1) is 5.84. The van der Waals surface area contributed by atoms with Crippen LogP contribution >= 0.6 is 0 Å². The molecule has 0 aromatic carbocycles. The second-order valence-corrected chi connectivity index (χ2v) is 3.49. The highest BCUT2D eigenvalue weighted by Gasteiger charge is 2.23. The molecule has 1 aliphatic carbocycles. The summed E-state index contributed by atoms with van der Waals surface area (Å²) in [4.78, 5) is 0. The van der Waals surface area contributed by atoms with E-state index in [2.05, 4.69) is 5.32 Å². The Labute approximate surface area is 73.8 Å². The van der Waals surface area contributed by atoms with Crippen LogP contribution in [0.1, 0.15) is 32.1 Å². The molecule has 3 N–H and O–H groups in total. The van der Waals surface area contributed by atoms with E-state index in [1.54, 1.807) is 0 Å². The lowest BCUT2D eigenvalue weighted by molar-refractivity contribution is 0.149. The normalized spacial score (nSPS) is 29.5. The van der Waals surface area contributed by atoms with Crippen LogP contribution in [0.5, 0.6) is 0 Å². The quantitative estimate of drug-likeness (QED) is 0.523. The molecular formula is C9H19NO2. The first kappa shape index (κ1) is 9.96. The highest BCUT2D eigenvalue weighted by molar-refractivity contribution is 4.82. The predicted molar refractivity (Wildman–Crippen MR) is 48.0 cm³/mol. The van der Waals surface area contributed by atoms with E-state index in [9.17, 15) is 5.11 Å². The number of aliphatic hydroxyl groups is 2. The Morgan fingerprint density at radius 2 is 2.08 bits per heavy atom. The van der Waals surface area contributed by atoms with Gasteiger partial charge >= 0.3 is 0 Å². The van der Waals surface area contributed by atoms with Crippen molar-refractivity contribution in [1.82, 2.24) is 5.32 Å². The molecule has 0 saturated heterocycles. The van der Waals surface area contributed by atoms with E-state index in [-0.39, 0.29) is 12.7 Å². The van der Waals surface area contributed by atoms with E-state index >= 15 is 0 Å². The van der Waals surface area contributed by atoms with Crippen molar-refractivity contribution in [3.63, 3.8) is 0 Å². The monoisotopic (exact) mass is 173 g/mol. The standard InChI is InChI=1S/C9H19NO2/c11-7-2-1-6-10-8-4-3-5-9(8)12/h8-12H,1-7H2. The summed E-state index contributed by atoms with van der Waals surface area (Å²) in [5.74, 6) is 0. The smallest absolute Gasteiger partial charge is 0.0693 e. The second kappa shape index (κ2) is 5.51. The van der Waals surface area contributed by atoms with Crippen molar-refractivity contribution < 1.29 is 10.2 Å².